The van der Waals surface area contributed by atoms with E-state index in [1.54, 1.807) is 0 Å². The minimum Gasteiger partial charge on any atom is -0.474 e. The summed E-state index contributed by atoms with van der Waals surface area (Å²) >= 11 is 6.01. The van der Waals surface area contributed by atoms with Crippen LogP contribution in [0.4, 0.5) is 0 Å². The molecule has 0 amide bonds. The Bertz CT molecular complexity index is 364. The fourth-order valence-corrected chi connectivity index (χ4v) is 1.61. The van der Waals surface area contributed by atoms with Gasteiger partial charge in [-0.25, -0.2) is 4.98 Å². The highest BCUT2D eigenvalue weighted by molar-refractivity contribution is 6.30. The monoisotopic (exact) mass is 226 g/mol. The third kappa shape index (κ3) is 2.23. The van der Waals surface area contributed by atoms with E-state index in [2.05, 4.69) is 9.97 Å². The third-order valence-corrected chi connectivity index (χ3v) is 3.10. The van der Waals surface area contributed by atoms with E-state index in [-0.39, 0.29) is 0 Å². The Balaban J connectivity index is 2.23. The lowest BCUT2D eigenvalue weighted by Gasteiger charge is -2.26. The van der Waals surface area contributed by atoms with Crippen molar-refractivity contribution in [2.24, 2.45) is 0 Å². The number of hydrogen-bond donors (Lipinski definition) is 0. The van der Waals surface area contributed by atoms with Crippen LogP contribution in [0, 0.1) is 6.92 Å². The summed E-state index contributed by atoms with van der Waals surface area (Å²) in [5.41, 5.74) is 0.848. The Morgan fingerprint density at radius 3 is 2.67 bits per heavy atom. The molecule has 0 bridgehead atoms. The largest absolute Gasteiger partial charge is 0.474 e. The van der Waals surface area contributed by atoms with E-state index in [4.69, 9.17) is 16.3 Å². The van der Waals surface area contributed by atoms with Crippen LogP contribution in [-0.4, -0.2) is 16.1 Å². The van der Waals surface area contributed by atoms with Crippen molar-refractivity contribution in [2.75, 3.05) is 0 Å². The molecule has 3 nitrogen and oxygen atoms in total. The first-order valence-corrected chi connectivity index (χ1v) is 5.78. The molecule has 1 heterocycles. The van der Waals surface area contributed by atoms with Crippen LogP contribution in [0.3, 0.4) is 0 Å². The quantitative estimate of drug-likeness (QED) is 0.744. The number of aryl methyl sites for hydroxylation is 1. The maximum atomic E-state index is 6.01. The first-order valence-electron chi connectivity index (χ1n) is 5.40. The first-order chi connectivity index (χ1) is 7.20. The second kappa shape index (κ2) is 4.35. The summed E-state index contributed by atoms with van der Waals surface area (Å²) < 4.78 is 5.77. The number of halogens is 1. The van der Waals surface area contributed by atoms with E-state index in [9.17, 15) is 0 Å². The van der Waals surface area contributed by atoms with Gasteiger partial charge in [-0.05, 0) is 26.2 Å². The van der Waals surface area contributed by atoms with Gasteiger partial charge in [0.15, 0.2) is 0 Å². The van der Waals surface area contributed by atoms with E-state index in [1.807, 2.05) is 13.8 Å². The first kappa shape index (κ1) is 10.7. The van der Waals surface area contributed by atoms with Gasteiger partial charge in [0, 0.05) is 12.0 Å². The summed E-state index contributed by atoms with van der Waals surface area (Å²) in [5.74, 6) is 1.41. The maximum absolute atomic E-state index is 6.01. The Hall–Kier alpha value is -0.830. The summed E-state index contributed by atoms with van der Waals surface area (Å²) in [6, 6.07) is 0. The van der Waals surface area contributed by atoms with Gasteiger partial charge in [0.1, 0.15) is 17.1 Å². The Morgan fingerprint density at radius 1 is 1.40 bits per heavy atom. The molecule has 0 spiro atoms. The molecule has 0 aliphatic heterocycles. The number of hydrogen-bond acceptors (Lipinski definition) is 3. The number of aromatic nitrogens is 2. The molecular weight excluding hydrogens is 212 g/mol. The molecule has 1 aromatic heterocycles. The van der Waals surface area contributed by atoms with Crippen molar-refractivity contribution >= 4 is 11.6 Å². The van der Waals surface area contributed by atoms with Crippen LogP contribution in [0.5, 0.6) is 5.88 Å². The lowest BCUT2D eigenvalue weighted by atomic mass is 9.96. The minimum atomic E-state index is 0.333. The lowest BCUT2D eigenvalue weighted by Crippen LogP contribution is -2.25. The molecule has 1 saturated carbocycles. The lowest BCUT2D eigenvalue weighted by molar-refractivity contribution is 0.113. The second-order valence-corrected chi connectivity index (χ2v) is 4.24. The summed E-state index contributed by atoms with van der Waals surface area (Å²) in [4.78, 5) is 8.53. The molecule has 1 fully saturated rings. The van der Waals surface area contributed by atoms with E-state index >= 15 is 0 Å². The summed E-state index contributed by atoms with van der Waals surface area (Å²) in [7, 11) is 0. The molecule has 1 aromatic rings. The van der Waals surface area contributed by atoms with Crippen LogP contribution in [0.15, 0.2) is 0 Å². The molecular formula is C11H15ClN2O. The van der Waals surface area contributed by atoms with Gasteiger partial charge in [0.2, 0.25) is 5.88 Å². The molecule has 0 N–H and O–H groups in total. The van der Waals surface area contributed by atoms with Crippen molar-refractivity contribution in [3.63, 3.8) is 0 Å². The predicted octanol–water partition coefficient (Wildman–Crippen LogP) is 2.93. The Morgan fingerprint density at radius 2 is 2.13 bits per heavy atom. The highest BCUT2D eigenvalue weighted by atomic mass is 35.5. The van der Waals surface area contributed by atoms with Crippen molar-refractivity contribution < 1.29 is 4.74 Å². The molecule has 15 heavy (non-hydrogen) atoms. The van der Waals surface area contributed by atoms with Gasteiger partial charge in [-0.15, -0.1) is 0 Å². The number of rotatable bonds is 3. The van der Waals surface area contributed by atoms with Gasteiger partial charge < -0.3 is 4.74 Å². The SMILES string of the molecule is CCc1nc(Cl)c(C)c(OC2CCC2)n1. The summed E-state index contributed by atoms with van der Waals surface area (Å²) in [5, 5.41) is 0.510. The Labute approximate surface area is 94.8 Å². The molecule has 1 aliphatic carbocycles. The highest BCUT2D eigenvalue weighted by Gasteiger charge is 2.21. The molecule has 4 heteroatoms. The predicted molar refractivity (Wildman–Crippen MR) is 59.4 cm³/mol. The molecule has 0 radical (unpaired) electrons. The zero-order valence-electron chi connectivity index (χ0n) is 9.09. The van der Waals surface area contributed by atoms with Crippen LogP contribution >= 0.6 is 11.6 Å². The normalized spacial score (nSPS) is 16.2. The van der Waals surface area contributed by atoms with Crippen molar-refractivity contribution in [3.8, 4) is 5.88 Å². The topological polar surface area (TPSA) is 35.0 Å². The van der Waals surface area contributed by atoms with E-state index in [0.717, 1.165) is 30.7 Å². The molecule has 0 aromatic carbocycles. The van der Waals surface area contributed by atoms with Crippen molar-refractivity contribution in [2.45, 2.75) is 45.6 Å². The van der Waals surface area contributed by atoms with Gasteiger partial charge in [0.05, 0.1) is 0 Å². The van der Waals surface area contributed by atoms with Gasteiger partial charge in [0.25, 0.3) is 0 Å². The van der Waals surface area contributed by atoms with Gasteiger partial charge in [-0.3, -0.25) is 0 Å². The molecule has 82 valence electrons. The van der Waals surface area contributed by atoms with E-state index in [0.29, 0.717) is 17.1 Å². The van der Waals surface area contributed by atoms with Crippen molar-refractivity contribution in [1.82, 2.24) is 9.97 Å². The fourth-order valence-electron chi connectivity index (χ4n) is 1.43. The number of nitrogens with zero attached hydrogens (tertiary/aromatic N) is 2. The van der Waals surface area contributed by atoms with Crippen molar-refractivity contribution in [1.29, 1.82) is 0 Å². The fraction of sp³-hybridized carbons (Fsp3) is 0.636. The van der Waals surface area contributed by atoms with Crippen LogP contribution in [0.1, 0.15) is 37.6 Å². The minimum absolute atomic E-state index is 0.333. The van der Waals surface area contributed by atoms with Crippen LogP contribution in [0.2, 0.25) is 5.15 Å². The maximum Gasteiger partial charge on any atom is 0.221 e. The second-order valence-electron chi connectivity index (χ2n) is 3.89. The Kier molecular flexibility index (Phi) is 3.10. The number of ether oxygens (including phenoxy) is 1. The van der Waals surface area contributed by atoms with Crippen LogP contribution < -0.4 is 4.74 Å². The molecule has 1 aliphatic rings. The van der Waals surface area contributed by atoms with E-state index in [1.165, 1.54) is 6.42 Å². The summed E-state index contributed by atoms with van der Waals surface area (Å²) in [6.45, 7) is 3.91. The zero-order valence-corrected chi connectivity index (χ0v) is 9.84. The van der Waals surface area contributed by atoms with Crippen molar-refractivity contribution in [3.05, 3.63) is 16.5 Å². The zero-order chi connectivity index (χ0) is 10.8. The average Bonchev–Trinajstić information content (AvgIpc) is 2.17. The molecule has 0 unspecified atom stereocenters. The van der Waals surface area contributed by atoms with Gasteiger partial charge in [-0.1, -0.05) is 18.5 Å². The smallest absolute Gasteiger partial charge is 0.221 e. The third-order valence-electron chi connectivity index (χ3n) is 2.73. The van der Waals surface area contributed by atoms with E-state index < -0.39 is 0 Å². The van der Waals surface area contributed by atoms with Gasteiger partial charge in [-0.2, -0.15) is 4.98 Å². The highest BCUT2D eigenvalue weighted by Crippen LogP contribution is 2.28. The van der Waals surface area contributed by atoms with Gasteiger partial charge >= 0.3 is 0 Å². The molecule has 0 atom stereocenters. The molecule has 2 rings (SSSR count). The van der Waals surface area contributed by atoms with Crippen LogP contribution in [-0.2, 0) is 6.42 Å². The summed E-state index contributed by atoms with van der Waals surface area (Å²) in [6.07, 6.45) is 4.62. The standard InChI is InChI=1S/C11H15ClN2O/c1-3-9-13-10(12)7(2)11(14-9)15-8-5-4-6-8/h8H,3-6H2,1-2H3. The molecule has 0 saturated heterocycles. The average molecular weight is 227 g/mol. The van der Waals surface area contributed by atoms with Crippen LogP contribution in [0.25, 0.3) is 0 Å².